The van der Waals surface area contributed by atoms with Crippen LogP contribution in [0.25, 0.3) is 0 Å². The van der Waals surface area contributed by atoms with Crippen molar-refractivity contribution in [3.05, 3.63) is 54.1 Å². The van der Waals surface area contributed by atoms with Gasteiger partial charge in [0.2, 0.25) is 0 Å². The number of hydrogen-bond donors (Lipinski definition) is 1. The Bertz CT molecular complexity index is 691. The highest BCUT2D eigenvalue weighted by Crippen LogP contribution is 2.40. The lowest BCUT2D eigenvalue weighted by atomic mass is 10.1. The standard InChI is InChI=1S/C20H25NO4S/c1-23-15-25-19-8-3-2-7-18(19)20(14-22)26-17-6-4-5-16(13-17)21-9-11-24-12-10-21/h2-8,13,20,22H,9-12,14-15H2,1H3. The van der Waals surface area contributed by atoms with Crippen molar-refractivity contribution in [2.45, 2.75) is 10.1 Å². The molecule has 2 aromatic carbocycles. The monoisotopic (exact) mass is 375 g/mol. The fraction of sp³-hybridized carbons (Fsp3) is 0.400. The third kappa shape index (κ3) is 4.92. The molecule has 0 saturated carbocycles. The Kier molecular flexibility index (Phi) is 7.20. The van der Waals surface area contributed by atoms with Crippen molar-refractivity contribution in [3.63, 3.8) is 0 Å². The fourth-order valence-corrected chi connectivity index (χ4v) is 4.01. The Morgan fingerprint density at radius 2 is 1.96 bits per heavy atom. The number of aliphatic hydroxyl groups excluding tert-OH is 1. The van der Waals surface area contributed by atoms with E-state index in [4.69, 9.17) is 14.2 Å². The second kappa shape index (κ2) is 9.83. The van der Waals surface area contributed by atoms with Gasteiger partial charge >= 0.3 is 0 Å². The normalized spacial score (nSPS) is 15.7. The van der Waals surface area contributed by atoms with Crippen LogP contribution in [0.5, 0.6) is 5.75 Å². The van der Waals surface area contributed by atoms with Crippen molar-refractivity contribution in [3.8, 4) is 5.75 Å². The van der Waals surface area contributed by atoms with Gasteiger partial charge in [-0.1, -0.05) is 24.3 Å². The summed E-state index contributed by atoms with van der Waals surface area (Å²) in [7, 11) is 1.60. The predicted molar refractivity (Wildman–Crippen MR) is 104 cm³/mol. The minimum Gasteiger partial charge on any atom is -0.467 e. The van der Waals surface area contributed by atoms with E-state index in [1.807, 2.05) is 24.3 Å². The maximum absolute atomic E-state index is 9.97. The highest BCUT2D eigenvalue weighted by atomic mass is 32.2. The lowest BCUT2D eigenvalue weighted by Gasteiger charge is -2.29. The minimum atomic E-state index is -0.108. The van der Waals surface area contributed by atoms with E-state index < -0.39 is 0 Å². The smallest absolute Gasteiger partial charge is 0.188 e. The van der Waals surface area contributed by atoms with Crippen molar-refractivity contribution in [1.82, 2.24) is 0 Å². The molecule has 0 bridgehead atoms. The number of hydrogen-bond acceptors (Lipinski definition) is 6. The molecule has 0 aromatic heterocycles. The molecule has 1 heterocycles. The van der Waals surface area contributed by atoms with E-state index in [1.165, 1.54) is 5.69 Å². The Morgan fingerprint density at radius 3 is 2.73 bits per heavy atom. The quantitative estimate of drug-likeness (QED) is 0.564. The number of anilines is 1. The molecule has 0 spiro atoms. The molecular weight excluding hydrogens is 350 g/mol. The molecule has 1 aliphatic heterocycles. The SMILES string of the molecule is COCOc1ccccc1C(CO)Sc1cccc(N2CCOCC2)c1. The largest absolute Gasteiger partial charge is 0.467 e. The van der Waals surface area contributed by atoms with Crippen molar-refractivity contribution < 1.29 is 19.3 Å². The van der Waals surface area contributed by atoms with Crippen LogP contribution < -0.4 is 9.64 Å². The van der Waals surface area contributed by atoms with Gasteiger partial charge in [0.1, 0.15) is 5.75 Å². The second-order valence-electron chi connectivity index (χ2n) is 5.97. The fourth-order valence-electron chi connectivity index (χ4n) is 2.94. The highest BCUT2D eigenvalue weighted by molar-refractivity contribution is 7.99. The molecule has 5 nitrogen and oxygen atoms in total. The lowest BCUT2D eigenvalue weighted by molar-refractivity contribution is 0.0502. The van der Waals surface area contributed by atoms with Gasteiger partial charge in [0.05, 0.1) is 25.1 Å². The number of aliphatic hydroxyl groups is 1. The van der Waals surface area contributed by atoms with E-state index in [0.29, 0.717) is 0 Å². The second-order valence-corrected chi connectivity index (χ2v) is 7.25. The molecule has 1 unspecified atom stereocenters. The van der Waals surface area contributed by atoms with Gasteiger partial charge in [0.15, 0.2) is 6.79 Å². The zero-order valence-corrected chi connectivity index (χ0v) is 15.8. The number of nitrogens with zero attached hydrogens (tertiary/aromatic N) is 1. The van der Waals surface area contributed by atoms with E-state index in [9.17, 15) is 5.11 Å². The lowest BCUT2D eigenvalue weighted by Crippen LogP contribution is -2.36. The summed E-state index contributed by atoms with van der Waals surface area (Å²) in [6.07, 6.45) is 0. The van der Waals surface area contributed by atoms with E-state index in [-0.39, 0.29) is 18.6 Å². The molecule has 2 aromatic rings. The summed E-state index contributed by atoms with van der Waals surface area (Å²) in [6.45, 7) is 3.56. The highest BCUT2D eigenvalue weighted by Gasteiger charge is 2.18. The summed E-state index contributed by atoms with van der Waals surface area (Å²) in [5.41, 5.74) is 2.16. The van der Waals surface area contributed by atoms with E-state index >= 15 is 0 Å². The van der Waals surface area contributed by atoms with Crippen molar-refractivity contribution in [2.75, 3.05) is 51.7 Å². The van der Waals surface area contributed by atoms with Crippen LogP contribution in [0.1, 0.15) is 10.8 Å². The van der Waals surface area contributed by atoms with Crippen LogP contribution in [0, 0.1) is 0 Å². The van der Waals surface area contributed by atoms with Crippen molar-refractivity contribution in [1.29, 1.82) is 0 Å². The zero-order chi connectivity index (χ0) is 18.2. The number of ether oxygens (including phenoxy) is 3. The van der Waals surface area contributed by atoms with E-state index in [0.717, 1.165) is 42.5 Å². The first kappa shape index (κ1) is 19.0. The van der Waals surface area contributed by atoms with Crippen LogP contribution in [0.3, 0.4) is 0 Å². The average Bonchev–Trinajstić information content (AvgIpc) is 2.71. The predicted octanol–water partition coefficient (Wildman–Crippen LogP) is 3.33. The molecule has 3 rings (SSSR count). The van der Waals surface area contributed by atoms with Gasteiger partial charge in [-0.05, 0) is 24.3 Å². The van der Waals surface area contributed by atoms with Gasteiger partial charge in [-0.15, -0.1) is 11.8 Å². The van der Waals surface area contributed by atoms with E-state index in [2.05, 4.69) is 29.2 Å². The molecule has 1 N–H and O–H groups in total. The van der Waals surface area contributed by atoms with Crippen LogP contribution >= 0.6 is 11.8 Å². The van der Waals surface area contributed by atoms with E-state index in [1.54, 1.807) is 18.9 Å². The average molecular weight is 375 g/mol. The molecule has 6 heteroatoms. The molecule has 0 aliphatic carbocycles. The minimum absolute atomic E-state index is 0.0276. The van der Waals surface area contributed by atoms with Gasteiger partial charge < -0.3 is 24.2 Å². The molecule has 1 fully saturated rings. The molecule has 26 heavy (non-hydrogen) atoms. The number of thioether (sulfide) groups is 1. The summed E-state index contributed by atoms with van der Waals surface area (Å²) < 4.78 is 16.1. The first-order valence-electron chi connectivity index (χ1n) is 8.72. The van der Waals surface area contributed by atoms with Crippen molar-refractivity contribution >= 4 is 17.4 Å². The molecule has 1 saturated heterocycles. The molecule has 0 radical (unpaired) electrons. The number of morpholine rings is 1. The van der Waals surface area contributed by atoms with Crippen LogP contribution in [-0.2, 0) is 9.47 Å². The van der Waals surface area contributed by atoms with Gasteiger partial charge in [-0.25, -0.2) is 0 Å². The summed E-state index contributed by atoms with van der Waals surface area (Å²) in [6, 6.07) is 16.2. The van der Waals surface area contributed by atoms with Gasteiger partial charge in [-0.2, -0.15) is 0 Å². The topological polar surface area (TPSA) is 51.2 Å². The molecule has 1 atom stereocenters. The zero-order valence-electron chi connectivity index (χ0n) is 15.0. The summed E-state index contributed by atoms with van der Waals surface area (Å²) in [5, 5.41) is 9.87. The molecule has 1 aliphatic rings. The summed E-state index contributed by atoms with van der Waals surface area (Å²) in [5.74, 6) is 0.741. The van der Waals surface area contributed by atoms with Crippen LogP contribution in [-0.4, -0.2) is 51.9 Å². The first-order chi connectivity index (χ1) is 12.8. The van der Waals surface area contributed by atoms with Gasteiger partial charge in [0, 0.05) is 36.3 Å². The third-order valence-corrected chi connectivity index (χ3v) is 5.45. The van der Waals surface area contributed by atoms with Crippen LogP contribution in [0.4, 0.5) is 5.69 Å². The third-order valence-electron chi connectivity index (χ3n) is 4.24. The van der Waals surface area contributed by atoms with Crippen molar-refractivity contribution in [2.24, 2.45) is 0 Å². The van der Waals surface area contributed by atoms with Gasteiger partial charge in [0.25, 0.3) is 0 Å². The number of benzene rings is 2. The molecular formula is C20H25NO4S. The molecule has 140 valence electrons. The summed E-state index contributed by atoms with van der Waals surface area (Å²) >= 11 is 1.64. The van der Waals surface area contributed by atoms with Crippen LogP contribution in [0.15, 0.2) is 53.4 Å². The maximum Gasteiger partial charge on any atom is 0.188 e. The first-order valence-corrected chi connectivity index (χ1v) is 9.60. The maximum atomic E-state index is 9.97. The van der Waals surface area contributed by atoms with Crippen LogP contribution in [0.2, 0.25) is 0 Å². The summed E-state index contributed by atoms with van der Waals surface area (Å²) in [4.78, 5) is 3.45. The Balaban J connectivity index is 1.76. The number of rotatable bonds is 8. The number of methoxy groups -OCH3 is 1. The molecule has 0 amide bonds. The Hall–Kier alpha value is -1.73. The van der Waals surface area contributed by atoms with Gasteiger partial charge in [-0.3, -0.25) is 0 Å². The Morgan fingerprint density at radius 1 is 1.15 bits per heavy atom. The Labute approximate surface area is 158 Å². The number of para-hydroxylation sites is 1.